The summed E-state index contributed by atoms with van der Waals surface area (Å²) in [6, 6.07) is 7.55. The molecule has 0 aromatic heterocycles. The molecule has 1 fully saturated rings. The van der Waals surface area contributed by atoms with Gasteiger partial charge in [0.25, 0.3) is 0 Å². The molecule has 1 aromatic carbocycles. The van der Waals surface area contributed by atoms with Crippen molar-refractivity contribution in [1.82, 2.24) is 0 Å². The normalized spacial score (nSPS) is 18.9. The van der Waals surface area contributed by atoms with Gasteiger partial charge in [0.2, 0.25) is 0 Å². The zero-order chi connectivity index (χ0) is 10.0. The van der Waals surface area contributed by atoms with Gasteiger partial charge in [-0.2, -0.15) is 0 Å². The number of phenols is 1. The van der Waals surface area contributed by atoms with E-state index in [4.69, 9.17) is 4.74 Å². The quantitative estimate of drug-likeness (QED) is 0.797. The molecule has 2 rings (SSSR count). The third-order valence-corrected chi connectivity index (χ3v) is 3.19. The van der Waals surface area contributed by atoms with Gasteiger partial charge in [0, 0.05) is 12.5 Å². The van der Waals surface area contributed by atoms with Crippen molar-refractivity contribution in [2.24, 2.45) is 0 Å². The summed E-state index contributed by atoms with van der Waals surface area (Å²) in [7, 11) is 1.74. The molecule has 2 nitrogen and oxygen atoms in total. The van der Waals surface area contributed by atoms with E-state index < -0.39 is 0 Å². The van der Waals surface area contributed by atoms with Crippen LogP contribution in [0.15, 0.2) is 24.3 Å². The van der Waals surface area contributed by atoms with Gasteiger partial charge in [0.15, 0.2) is 0 Å². The minimum Gasteiger partial charge on any atom is -0.508 e. The van der Waals surface area contributed by atoms with Crippen molar-refractivity contribution in [2.45, 2.75) is 24.7 Å². The van der Waals surface area contributed by atoms with Crippen LogP contribution in [-0.4, -0.2) is 18.8 Å². The maximum atomic E-state index is 9.42. The highest BCUT2D eigenvalue weighted by atomic mass is 16.5. The zero-order valence-corrected chi connectivity index (χ0v) is 8.49. The summed E-state index contributed by atoms with van der Waals surface area (Å²) in [6.45, 7) is 0.760. The van der Waals surface area contributed by atoms with Crippen LogP contribution in [0.5, 0.6) is 5.75 Å². The summed E-state index contributed by atoms with van der Waals surface area (Å²) in [5.41, 5.74) is 1.39. The second kappa shape index (κ2) is 3.62. The molecule has 1 aromatic rings. The Hall–Kier alpha value is -1.02. The molecule has 76 valence electrons. The first-order valence-corrected chi connectivity index (χ1v) is 5.05. The molecule has 1 saturated carbocycles. The summed E-state index contributed by atoms with van der Waals surface area (Å²) >= 11 is 0. The van der Waals surface area contributed by atoms with Crippen LogP contribution >= 0.6 is 0 Å². The van der Waals surface area contributed by atoms with Crippen LogP contribution in [0.3, 0.4) is 0 Å². The number of benzene rings is 1. The lowest BCUT2D eigenvalue weighted by atomic mass is 9.65. The number of rotatable bonds is 3. The van der Waals surface area contributed by atoms with E-state index in [0.717, 1.165) is 6.61 Å². The van der Waals surface area contributed by atoms with Gasteiger partial charge in [-0.3, -0.25) is 0 Å². The molecule has 2 heteroatoms. The first-order valence-electron chi connectivity index (χ1n) is 5.05. The highest BCUT2D eigenvalue weighted by Crippen LogP contribution is 2.44. The minimum absolute atomic E-state index is 0.174. The van der Waals surface area contributed by atoms with E-state index in [9.17, 15) is 5.11 Å². The second-order valence-electron chi connectivity index (χ2n) is 4.12. The number of ether oxygens (including phenoxy) is 1. The van der Waals surface area contributed by atoms with Crippen molar-refractivity contribution in [2.75, 3.05) is 13.7 Å². The van der Waals surface area contributed by atoms with E-state index in [1.165, 1.54) is 24.8 Å². The number of methoxy groups -OCH3 is 1. The second-order valence-corrected chi connectivity index (χ2v) is 4.12. The van der Waals surface area contributed by atoms with Gasteiger partial charge >= 0.3 is 0 Å². The van der Waals surface area contributed by atoms with Crippen molar-refractivity contribution >= 4 is 0 Å². The first kappa shape index (κ1) is 9.53. The summed E-state index contributed by atoms with van der Waals surface area (Å²) in [5, 5.41) is 9.42. The standard InChI is InChI=1S/C12H16O2/c1-14-9-12(6-3-7-12)10-4-2-5-11(13)8-10/h2,4-5,8,13H,3,6-7,9H2,1H3. The van der Waals surface area contributed by atoms with E-state index in [1.807, 2.05) is 12.1 Å². The van der Waals surface area contributed by atoms with Crippen molar-refractivity contribution in [3.05, 3.63) is 29.8 Å². The maximum absolute atomic E-state index is 9.42. The molecular formula is C12H16O2. The fourth-order valence-corrected chi connectivity index (χ4v) is 2.23. The van der Waals surface area contributed by atoms with Gasteiger partial charge in [0.05, 0.1) is 6.61 Å². The van der Waals surface area contributed by atoms with Crippen LogP contribution in [0.2, 0.25) is 0 Å². The molecule has 14 heavy (non-hydrogen) atoms. The van der Waals surface area contributed by atoms with E-state index in [1.54, 1.807) is 13.2 Å². The topological polar surface area (TPSA) is 29.5 Å². The van der Waals surface area contributed by atoms with Crippen molar-refractivity contribution in [1.29, 1.82) is 0 Å². The number of phenolic OH excluding ortho intramolecular Hbond substituents is 1. The highest BCUT2D eigenvalue weighted by molar-refractivity contribution is 5.34. The summed E-state index contributed by atoms with van der Waals surface area (Å²) in [5.74, 6) is 0.352. The number of hydrogen-bond donors (Lipinski definition) is 1. The Kier molecular flexibility index (Phi) is 2.46. The molecule has 0 spiro atoms. The SMILES string of the molecule is COCC1(c2cccc(O)c2)CCC1. The fourth-order valence-electron chi connectivity index (χ4n) is 2.23. The van der Waals surface area contributed by atoms with Crippen LogP contribution in [0.25, 0.3) is 0 Å². The first-order chi connectivity index (χ1) is 6.77. The molecule has 1 aliphatic rings. The third kappa shape index (κ3) is 1.50. The lowest BCUT2D eigenvalue weighted by Gasteiger charge is -2.41. The largest absolute Gasteiger partial charge is 0.508 e. The molecule has 0 atom stereocenters. The molecule has 1 N–H and O–H groups in total. The smallest absolute Gasteiger partial charge is 0.115 e. The number of hydrogen-bond acceptors (Lipinski definition) is 2. The Labute approximate surface area is 84.5 Å². The summed E-state index contributed by atoms with van der Waals surface area (Å²) in [4.78, 5) is 0. The minimum atomic E-state index is 0.174. The van der Waals surface area contributed by atoms with Gasteiger partial charge in [0.1, 0.15) is 5.75 Å². The van der Waals surface area contributed by atoms with Gasteiger partial charge < -0.3 is 9.84 Å². The Bertz CT molecular complexity index is 316. The van der Waals surface area contributed by atoms with E-state index in [-0.39, 0.29) is 5.41 Å². The van der Waals surface area contributed by atoms with Crippen molar-refractivity contribution in [3.8, 4) is 5.75 Å². The predicted molar refractivity (Wildman–Crippen MR) is 55.5 cm³/mol. The van der Waals surface area contributed by atoms with E-state index in [2.05, 4.69) is 6.07 Å². The number of aromatic hydroxyl groups is 1. The predicted octanol–water partition coefficient (Wildman–Crippen LogP) is 2.46. The Morgan fingerprint density at radius 2 is 2.21 bits per heavy atom. The zero-order valence-electron chi connectivity index (χ0n) is 8.49. The Morgan fingerprint density at radius 1 is 1.43 bits per heavy atom. The molecule has 0 amide bonds. The summed E-state index contributed by atoms with van der Waals surface area (Å²) < 4.78 is 5.26. The van der Waals surface area contributed by atoms with Crippen molar-refractivity contribution in [3.63, 3.8) is 0 Å². The van der Waals surface area contributed by atoms with E-state index >= 15 is 0 Å². The lowest BCUT2D eigenvalue weighted by Crippen LogP contribution is -2.38. The van der Waals surface area contributed by atoms with Crippen LogP contribution in [0.1, 0.15) is 24.8 Å². The van der Waals surface area contributed by atoms with Crippen LogP contribution in [0.4, 0.5) is 0 Å². The molecule has 0 heterocycles. The lowest BCUT2D eigenvalue weighted by molar-refractivity contribution is 0.0791. The highest BCUT2D eigenvalue weighted by Gasteiger charge is 2.38. The fraction of sp³-hybridized carbons (Fsp3) is 0.500. The van der Waals surface area contributed by atoms with Crippen LogP contribution < -0.4 is 0 Å². The molecule has 0 saturated heterocycles. The summed E-state index contributed by atoms with van der Waals surface area (Å²) in [6.07, 6.45) is 3.60. The van der Waals surface area contributed by atoms with Gasteiger partial charge in [-0.05, 0) is 30.5 Å². The molecule has 1 aliphatic carbocycles. The van der Waals surface area contributed by atoms with Crippen molar-refractivity contribution < 1.29 is 9.84 Å². The average Bonchev–Trinajstić information content (AvgIpc) is 2.11. The van der Waals surface area contributed by atoms with Gasteiger partial charge in [-0.1, -0.05) is 18.6 Å². The molecule has 0 radical (unpaired) electrons. The molecule has 0 bridgehead atoms. The Morgan fingerprint density at radius 3 is 2.71 bits per heavy atom. The average molecular weight is 192 g/mol. The van der Waals surface area contributed by atoms with Gasteiger partial charge in [-0.15, -0.1) is 0 Å². The van der Waals surface area contributed by atoms with Gasteiger partial charge in [-0.25, -0.2) is 0 Å². The van der Waals surface area contributed by atoms with Crippen LogP contribution in [-0.2, 0) is 10.2 Å². The van der Waals surface area contributed by atoms with E-state index in [0.29, 0.717) is 5.75 Å². The van der Waals surface area contributed by atoms with Crippen LogP contribution in [0, 0.1) is 0 Å². The molecule has 0 aliphatic heterocycles. The third-order valence-electron chi connectivity index (χ3n) is 3.19. The molecular weight excluding hydrogens is 176 g/mol. The monoisotopic (exact) mass is 192 g/mol. The maximum Gasteiger partial charge on any atom is 0.115 e. The molecule has 0 unspecified atom stereocenters. The Balaban J connectivity index is 2.27.